The molecule has 1 heterocycles. The van der Waals surface area contributed by atoms with Crippen molar-refractivity contribution in [3.05, 3.63) is 34.8 Å². The fraction of sp³-hybridized carbons (Fsp3) is 0.154. The molecule has 92 valence electrons. The Kier molecular flexibility index (Phi) is 3.53. The molecule has 18 heavy (non-hydrogen) atoms. The van der Waals surface area contributed by atoms with Crippen molar-refractivity contribution >= 4 is 29.2 Å². The van der Waals surface area contributed by atoms with Crippen molar-refractivity contribution in [1.82, 2.24) is 4.98 Å². The van der Waals surface area contributed by atoms with Gasteiger partial charge in [-0.15, -0.1) is 11.3 Å². The molecular formula is C13H12N2O2S. The van der Waals surface area contributed by atoms with Crippen LogP contribution < -0.4 is 5.32 Å². The van der Waals surface area contributed by atoms with Gasteiger partial charge in [0.1, 0.15) is 10.7 Å². The molecule has 4 nitrogen and oxygen atoms in total. The molecule has 0 atom stereocenters. The van der Waals surface area contributed by atoms with Crippen LogP contribution in [0.5, 0.6) is 0 Å². The lowest BCUT2D eigenvalue weighted by Gasteiger charge is -2.02. The van der Waals surface area contributed by atoms with Gasteiger partial charge in [-0.3, -0.25) is 9.59 Å². The van der Waals surface area contributed by atoms with Crippen LogP contribution in [0.4, 0.5) is 5.69 Å². The van der Waals surface area contributed by atoms with E-state index in [1.165, 1.54) is 18.3 Å². The molecule has 0 unspecified atom stereocenters. The number of nitrogens with zero attached hydrogens (tertiary/aromatic N) is 1. The summed E-state index contributed by atoms with van der Waals surface area (Å²) in [5.41, 5.74) is 2.17. The number of anilines is 1. The predicted octanol–water partition coefficient (Wildman–Crippen LogP) is 2.89. The molecule has 1 aromatic carbocycles. The van der Waals surface area contributed by atoms with Gasteiger partial charge in [0.25, 0.3) is 0 Å². The summed E-state index contributed by atoms with van der Waals surface area (Å²) in [5, 5.41) is 3.51. The number of aldehydes is 1. The molecule has 0 saturated heterocycles. The highest BCUT2D eigenvalue weighted by Crippen LogP contribution is 2.27. The number of carbonyl (C=O) groups is 2. The van der Waals surface area contributed by atoms with E-state index < -0.39 is 0 Å². The Morgan fingerprint density at radius 2 is 2.00 bits per heavy atom. The maximum atomic E-state index is 10.9. The second kappa shape index (κ2) is 5.10. The maximum Gasteiger partial charge on any atom is 0.221 e. The van der Waals surface area contributed by atoms with Gasteiger partial charge in [-0.25, -0.2) is 4.98 Å². The van der Waals surface area contributed by atoms with Crippen LogP contribution in [-0.2, 0) is 4.79 Å². The fourth-order valence-corrected chi connectivity index (χ4v) is 2.43. The van der Waals surface area contributed by atoms with E-state index in [2.05, 4.69) is 10.3 Å². The fourth-order valence-electron chi connectivity index (χ4n) is 1.54. The largest absolute Gasteiger partial charge is 0.326 e. The lowest BCUT2D eigenvalue weighted by molar-refractivity contribution is -0.114. The molecule has 1 N–H and O–H groups in total. The highest BCUT2D eigenvalue weighted by Gasteiger charge is 2.08. The van der Waals surface area contributed by atoms with Crippen molar-refractivity contribution in [3.8, 4) is 10.6 Å². The molecule has 0 bridgehead atoms. The smallest absolute Gasteiger partial charge is 0.221 e. The van der Waals surface area contributed by atoms with E-state index in [4.69, 9.17) is 0 Å². The summed E-state index contributed by atoms with van der Waals surface area (Å²) in [4.78, 5) is 26.8. The Morgan fingerprint density at radius 1 is 1.33 bits per heavy atom. The van der Waals surface area contributed by atoms with E-state index in [9.17, 15) is 9.59 Å². The first-order valence-corrected chi connectivity index (χ1v) is 6.22. The summed E-state index contributed by atoms with van der Waals surface area (Å²) in [6.07, 6.45) is 0.765. The minimum Gasteiger partial charge on any atom is -0.326 e. The van der Waals surface area contributed by atoms with Crippen LogP contribution in [0, 0.1) is 6.92 Å². The van der Waals surface area contributed by atoms with Crippen molar-refractivity contribution < 1.29 is 9.59 Å². The van der Waals surface area contributed by atoms with E-state index >= 15 is 0 Å². The number of aryl methyl sites for hydroxylation is 1. The third kappa shape index (κ3) is 2.62. The Balaban J connectivity index is 2.28. The summed E-state index contributed by atoms with van der Waals surface area (Å²) in [5.74, 6) is -0.101. The van der Waals surface area contributed by atoms with Gasteiger partial charge in [0.15, 0.2) is 6.29 Å². The number of benzene rings is 1. The standard InChI is InChI=1S/C13H12N2O2S/c1-8-12(7-16)15-13(18-8)10-3-5-11(6-4-10)14-9(2)17/h3-7H,1-2H3,(H,14,17). The molecule has 2 aromatic rings. The van der Waals surface area contributed by atoms with Crippen molar-refractivity contribution in [2.24, 2.45) is 0 Å². The lowest BCUT2D eigenvalue weighted by Crippen LogP contribution is -2.05. The van der Waals surface area contributed by atoms with Gasteiger partial charge < -0.3 is 5.32 Å². The minimum absolute atomic E-state index is 0.101. The number of hydrogen-bond acceptors (Lipinski definition) is 4. The van der Waals surface area contributed by atoms with Gasteiger partial charge in [-0.05, 0) is 31.2 Å². The van der Waals surface area contributed by atoms with Crippen LogP contribution in [0.2, 0.25) is 0 Å². The molecule has 2 rings (SSSR count). The zero-order chi connectivity index (χ0) is 13.1. The van der Waals surface area contributed by atoms with Gasteiger partial charge in [-0.1, -0.05) is 0 Å². The normalized spacial score (nSPS) is 10.1. The van der Waals surface area contributed by atoms with E-state index in [1.54, 1.807) is 0 Å². The second-order valence-electron chi connectivity index (χ2n) is 3.84. The SMILES string of the molecule is CC(=O)Nc1ccc(-c2nc(C=O)c(C)s2)cc1. The second-order valence-corrected chi connectivity index (χ2v) is 5.04. The number of carbonyl (C=O) groups excluding carboxylic acids is 2. The maximum absolute atomic E-state index is 10.9. The summed E-state index contributed by atoms with van der Waals surface area (Å²) in [7, 11) is 0. The lowest BCUT2D eigenvalue weighted by atomic mass is 10.2. The molecule has 0 fully saturated rings. The number of amides is 1. The first kappa shape index (κ1) is 12.4. The summed E-state index contributed by atoms with van der Waals surface area (Å²) >= 11 is 1.48. The highest BCUT2D eigenvalue weighted by atomic mass is 32.1. The van der Waals surface area contributed by atoms with Crippen molar-refractivity contribution in [2.75, 3.05) is 5.32 Å². The van der Waals surface area contributed by atoms with E-state index in [0.29, 0.717) is 5.69 Å². The zero-order valence-corrected chi connectivity index (χ0v) is 10.9. The molecule has 1 amide bonds. The van der Waals surface area contributed by atoms with E-state index in [1.807, 2.05) is 31.2 Å². The third-order valence-corrected chi connectivity index (χ3v) is 3.43. The number of hydrogen-bond donors (Lipinski definition) is 1. The summed E-state index contributed by atoms with van der Waals surface area (Å²) < 4.78 is 0. The first-order chi connectivity index (χ1) is 8.60. The molecule has 0 spiro atoms. The van der Waals surface area contributed by atoms with Crippen LogP contribution >= 0.6 is 11.3 Å². The number of rotatable bonds is 3. The van der Waals surface area contributed by atoms with E-state index in [-0.39, 0.29) is 5.91 Å². The van der Waals surface area contributed by atoms with Gasteiger partial charge in [0.2, 0.25) is 5.91 Å². The molecule has 0 radical (unpaired) electrons. The Bertz CT molecular complexity index is 588. The summed E-state index contributed by atoms with van der Waals surface area (Å²) in [6.45, 7) is 3.34. The van der Waals surface area contributed by atoms with E-state index in [0.717, 1.165) is 27.4 Å². The van der Waals surface area contributed by atoms with Crippen LogP contribution in [0.15, 0.2) is 24.3 Å². The van der Waals surface area contributed by atoms with Gasteiger partial charge in [-0.2, -0.15) is 0 Å². The predicted molar refractivity (Wildman–Crippen MR) is 72.0 cm³/mol. The molecule has 0 aliphatic carbocycles. The third-order valence-electron chi connectivity index (χ3n) is 2.40. The summed E-state index contributed by atoms with van der Waals surface area (Å²) in [6, 6.07) is 7.37. The van der Waals surface area contributed by atoms with Crippen molar-refractivity contribution in [3.63, 3.8) is 0 Å². The zero-order valence-electron chi connectivity index (χ0n) is 10.1. The minimum atomic E-state index is -0.101. The van der Waals surface area contributed by atoms with Crippen molar-refractivity contribution in [1.29, 1.82) is 0 Å². The monoisotopic (exact) mass is 260 g/mol. The van der Waals surface area contributed by atoms with Crippen LogP contribution in [0.25, 0.3) is 10.6 Å². The number of thiazole rings is 1. The molecule has 0 aliphatic heterocycles. The Labute approximate surface area is 109 Å². The number of nitrogens with one attached hydrogen (secondary N) is 1. The number of aromatic nitrogens is 1. The van der Waals surface area contributed by atoms with Gasteiger partial charge in [0.05, 0.1) is 0 Å². The molecular weight excluding hydrogens is 248 g/mol. The average molecular weight is 260 g/mol. The topological polar surface area (TPSA) is 59.1 Å². The van der Waals surface area contributed by atoms with Gasteiger partial charge >= 0.3 is 0 Å². The van der Waals surface area contributed by atoms with Crippen LogP contribution in [0.3, 0.4) is 0 Å². The molecule has 5 heteroatoms. The van der Waals surface area contributed by atoms with Crippen LogP contribution in [-0.4, -0.2) is 17.2 Å². The van der Waals surface area contributed by atoms with Gasteiger partial charge in [0, 0.05) is 23.1 Å². The Morgan fingerprint density at radius 3 is 2.50 bits per heavy atom. The highest BCUT2D eigenvalue weighted by molar-refractivity contribution is 7.15. The van der Waals surface area contributed by atoms with Crippen LogP contribution in [0.1, 0.15) is 22.3 Å². The average Bonchev–Trinajstić information content (AvgIpc) is 2.71. The first-order valence-electron chi connectivity index (χ1n) is 5.41. The quantitative estimate of drug-likeness (QED) is 0.863. The Hall–Kier alpha value is -2.01. The molecule has 0 saturated carbocycles. The molecule has 0 aliphatic rings. The molecule has 1 aromatic heterocycles. The van der Waals surface area contributed by atoms with Crippen molar-refractivity contribution in [2.45, 2.75) is 13.8 Å².